The van der Waals surface area contributed by atoms with Crippen molar-refractivity contribution < 1.29 is 23.1 Å². The second-order valence-corrected chi connectivity index (χ2v) is 5.15. The fraction of sp³-hybridized carbons (Fsp3) is 0.400. The Bertz CT molecular complexity index is 498. The Morgan fingerprint density at radius 1 is 1.50 bits per heavy atom. The molecule has 0 amide bonds. The second kappa shape index (κ2) is 6.43. The first-order chi connectivity index (χ1) is 8.47. The number of nitrogens with zero attached hydrogens (tertiary/aromatic N) is 1. The number of hydrogen-bond acceptors (Lipinski definition) is 5. The summed E-state index contributed by atoms with van der Waals surface area (Å²) in [6.45, 7) is 0.687. The Hall–Kier alpha value is -1.51. The zero-order valence-corrected chi connectivity index (χ0v) is 10.6. The van der Waals surface area contributed by atoms with Gasteiger partial charge in [0.2, 0.25) is 0 Å². The fourth-order valence-electron chi connectivity index (χ4n) is 1.16. The molecule has 0 aromatic carbocycles. The Labute approximate surface area is 105 Å². The van der Waals surface area contributed by atoms with Crippen molar-refractivity contribution in [3.8, 4) is 0 Å². The van der Waals surface area contributed by atoms with Gasteiger partial charge in [0.15, 0.2) is 5.03 Å². The Morgan fingerprint density at radius 3 is 2.72 bits per heavy atom. The number of nitrogens with one attached hydrogen (secondary N) is 1. The molecule has 100 valence electrons. The van der Waals surface area contributed by atoms with E-state index in [1.165, 1.54) is 13.2 Å². The Kier molecular flexibility index (Phi) is 5.20. The molecule has 0 aliphatic carbocycles. The van der Waals surface area contributed by atoms with Gasteiger partial charge in [0.1, 0.15) is 0 Å². The van der Waals surface area contributed by atoms with Crippen molar-refractivity contribution in [3.05, 3.63) is 23.9 Å². The predicted octanol–water partition coefficient (Wildman–Crippen LogP) is 0.0946. The summed E-state index contributed by atoms with van der Waals surface area (Å²) in [6, 6.07) is 2.35. The molecule has 0 atom stereocenters. The van der Waals surface area contributed by atoms with E-state index >= 15 is 0 Å². The number of pyridine rings is 1. The molecule has 0 spiro atoms. The standard InChI is InChI=1S/C10H14N2O5S/c1-17-6-2-5-12-18(15,16)9-4-3-8(7-11-9)10(13)14/h3-4,7,12H,2,5-6H2,1H3,(H,13,14). The lowest BCUT2D eigenvalue weighted by molar-refractivity contribution is 0.0696. The molecule has 1 rings (SSSR count). The number of aromatic carboxylic acids is 1. The second-order valence-electron chi connectivity index (χ2n) is 3.43. The van der Waals surface area contributed by atoms with Crippen molar-refractivity contribution in [3.63, 3.8) is 0 Å². The highest BCUT2D eigenvalue weighted by Crippen LogP contribution is 2.06. The number of carboxylic acids is 1. The van der Waals surface area contributed by atoms with E-state index in [2.05, 4.69) is 9.71 Å². The molecule has 0 saturated carbocycles. The number of carbonyl (C=O) groups is 1. The highest BCUT2D eigenvalue weighted by Gasteiger charge is 2.15. The molecular formula is C10H14N2O5S. The van der Waals surface area contributed by atoms with Gasteiger partial charge in [-0.05, 0) is 18.6 Å². The lowest BCUT2D eigenvalue weighted by Crippen LogP contribution is -2.26. The quantitative estimate of drug-likeness (QED) is 0.683. The summed E-state index contributed by atoms with van der Waals surface area (Å²) in [5.41, 5.74) is -0.0617. The van der Waals surface area contributed by atoms with E-state index in [1.807, 2.05) is 0 Å². The van der Waals surface area contributed by atoms with Crippen molar-refractivity contribution in [1.82, 2.24) is 9.71 Å². The fourth-order valence-corrected chi connectivity index (χ4v) is 2.16. The topological polar surface area (TPSA) is 106 Å². The summed E-state index contributed by atoms with van der Waals surface area (Å²) < 4.78 is 30.6. The minimum atomic E-state index is -3.69. The van der Waals surface area contributed by atoms with Crippen molar-refractivity contribution in [1.29, 1.82) is 0 Å². The third-order valence-corrected chi connectivity index (χ3v) is 3.45. The third kappa shape index (κ3) is 4.06. The van der Waals surface area contributed by atoms with Gasteiger partial charge in [0.05, 0.1) is 5.56 Å². The molecule has 0 aliphatic heterocycles. The molecule has 1 aromatic rings. The van der Waals surface area contributed by atoms with Crippen LogP contribution in [0.5, 0.6) is 0 Å². The maximum atomic E-state index is 11.7. The highest BCUT2D eigenvalue weighted by molar-refractivity contribution is 7.89. The van der Waals surface area contributed by atoms with Crippen LogP contribution < -0.4 is 4.72 Å². The van der Waals surface area contributed by atoms with E-state index in [1.54, 1.807) is 0 Å². The number of hydrogen-bond donors (Lipinski definition) is 2. The van der Waals surface area contributed by atoms with Crippen LogP contribution >= 0.6 is 0 Å². The molecule has 8 heteroatoms. The van der Waals surface area contributed by atoms with Gasteiger partial charge in [0, 0.05) is 26.5 Å². The molecule has 0 bridgehead atoms. The molecule has 0 saturated heterocycles. The van der Waals surface area contributed by atoms with Crippen LogP contribution in [0, 0.1) is 0 Å². The van der Waals surface area contributed by atoms with Crippen LogP contribution in [0.4, 0.5) is 0 Å². The number of methoxy groups -OCH3 is 1. The van der Waals surface area contributed by atoms with E-state index in [-0.39, 0.29) is 17.1 Å². The summed E-state index contributed by atoms with van der Waals surface area (Å²) in [6.07, 6.45) is 1.55. The van der Waals surface area contributed by atoms with Gasteiger partial charge in [-0.1, -0.05) is 0 Å². The average molecular weight is 274 g/mol. The maximum absolute atomic E-state index is 11.7. The van der Waals surface area contributed by atoms with Crippen LogP contribution in [-0.2, 0) is 14.8 Å². The number of rotatable bonds is 7. The molecular weight excluding hydrogens is 260 g/mol. The first-order valence-corrected chi connectivity index (χ1v) is 6.63. The summed E-state index contributed by atoms with van der Waals surface area (Å²) in [7, 11) is -2.16. The summed E-state index contributed by atoms with van der Waals surface area (Å²) in [5.74, 6) is -1.15. The van der Waals surface area contributed by atoms with Gasteiger partial charge in [-0.2, -0.15) is 0 Å². The predicted molar refractivity (Wildman–Crippen MR) is 62.9 cm³/mol. The minimum absolute atomic E-state index is 0.0617. The van der Waals surface area contributed by atoms with Crippen molar-refractivity contribution >= 4 is 16.0 Å². The molecule has 2 N–H and O–H groups in total. The molecule has 0 fully saturated rings. The lowest BCUT2D eigenvalue weighted by Gasteiger charge is -2.05. The third-order valence-electron chi connectivity index (χ3n) is 2.08. The SMILES string of the molecule is COCCCNS(=O)(=O)c1ccc(C(=O)O)cn1. The molecule has 0 unspecified atom stereocenters. The highest BCUT2D eigenvalue weighted by atomic mass is 32.2. The van der Waals surface area contributed by atoms with Gasteiger partial charge < -0.3 is 9.84 Å². The van der Waals surface area contributed by atoms with E-state index in [0.717, 1.165) is 12.3 Å². The van der Waals surface area contributed by atoms with Crippen molar-refractivity contribution in [2.45, 2.75) is 11.4 Å². The minimum Gasteiger partial charge on any atom is -0.478 e. The van der Waals surface area contributed by atoms with E-state index in [0.29, 0.717) is 13.0 Å². The molecule has 7 nitrogen and oxygen atoms in total. The smallest absolute Gasteiger partial charge is 0.337 e. The van der Waals surface area contributed by atoms with Crippen LogP contribution in [0.3, 0.4) is 0 Å². The van der Waals surface area contributed by atoms with Gasteiger partial charge in [-0.3, -0.25) is 0 Å². The number of sulfonamides is 1. The maximum Gasteiger partial charge on any atom is 0.337 e. The lowest BCUT2D eigenvalue weighted by atomic mass is 10.3. The van der Waals surface area contributed by atoms with Crippen LogP contribution in [0.15, 0.2) is 23.4 Å². The van der Waals surface area contributed by atoms with E-state index < -0.39 is 16.0 Å². The van der Waals surface area contributed by atoms with E-state index in [9.17, 15) is 13.2 Å². The molecule has 18 heavy (non-hydrogen) atoms. The van der Waals surface area contributed by atoms with Crippen LogP contribution in [0.1, 0.15) is 16.8 Å². The number of carboxylic acid groups (broad SMARTS) is 1. The zero-order chi connectivity index (χ0) is 13.6. The van der Waals surface area contributed by atoms with Crippen molar-refractivity contribution in [2.24, 2.45) is 0 Å². The Morgan fingerprint density at radius 2 is 2.22 bits per heavy atom. The largest absolute Gasteiger partial charge is 0.478 e. The zero-order valence-electron chi connectivity index (χ0n) is 9.79. The first-order valence-electron chi connectivity index (χ1n) is 5.15. The van der Waals surface area contributed by atoms with Crippen molar-refractivity contribution in [2.75, 3.05) is 20.3 Å². The van der Waals surface area contributed by atoms with Gasteiger partial charge in [-0.15, -0.1) is 0 Å². The first kappa shape index (κ1) is 14.6. The summed E-state index contributed by atoms with van der Waals surface area (Å²) >= 11 is 0. The summed E-state index contributed by atoms with van der Waals surface area (Å²) in [5, 5.41) is 8.46. The molecule has 0 radical (unpaired) electrons. The van der Waals surface area contributed by atoms with Gasteiger partial charge >= 0.3 is 5.97 Å². The van der Waals surface area contributed by atoms with Gasteiger partial charge in [0.25, 0.3) is 10.0 Å². The number of ether oxygens (including phenoxy) is 1. The molecule has 1 aromatic heterocycles. The average Bonchev–Trinajstić information content (AvgIpc) is 2.35. The Balaban J connectivity index is 2.70. The van der Waals surface area contributed by atoms with E-state index in [4.69, 9.17) is 9.84 Å². The van der Waals surface area contributed by atoms with Gasteiger partial charge in [-0.25, -0.2) is 22.9 Å². The monoisotopic (exact) mass is 274 g/mol. The van der Waals surface area contributed by atoms with Crippen LogP contribution in [-0.4, -0.2) is 44.7 Å². The normalized spacial score (nSPS) is 11.4. The molecule has 1 heterocycles. The number of aromatic nitrogens is 1. The van der Waals surface area contributed by atoms with Crippen LogP contribution in [0.25, 0.3) is 0 Å². The molecule has 0 aliphatic rings. The summed E-state index contributed by atoms with van der Waals surface area (Å²) in [4.78, 5) is 14.2. The van der Waals surface area contributed by atoms with Crippen LogP contribution in [0.2, 0.25) is 0 Å².